The summed E-state index contributed by atoms with van der Waals surface area (Å²) in [6.07, 6.45) is 11.6. The molecule has 0 spiro atoms. The van der Waals surface area contributed by atoms with Crippen molar-refractivity contribution in [2.75, 3.05) is 6.61 Å². The summed E-state index contributed by atoms with van der Waals surface area (Å²) in [6.45, 7) is 2.27. The highest BCUT2D eigenvalue weighted by atomic mass is 16.3. The number of hydrogen-bond donors (Lipinski definition) is 2. The van der Waals surface area contributed by atoms with E-state index in [1.54, 1.807) is 0 Å². The second kappa shape index (κ2) is 14.0. The van der Waals surface area contributed by atoms with E-state index in [0.717, 1.165) is 12.8 Å². The average Bonchev–Trinajstić information content (AvgIpc) is 2.42. The van der Waals surface area contributed by atoms with Gasteiger partial charge in [-0.25, -0.2) is 0 Å². The van der Waals surface area contributed by atoms with Crippen molar-refractivity contribution < 1.29 is 15.0 Å². The number of carbonyl (C=O) groups excluding carboxylic acids is 1. The standard InChI is InChI=1S/C16H32O3/c1-2-3-4-5-6-7-8-9-10-12-15(18)16(19)13-11-14-17/h16-17,19H,2-14H2,1H3. The van der Waals surface area contributed by atoms with Crippen molar-refractivity contribution in [3.63, 3.8) is 0 Å². The van der Waals surface area contributed by atoms with Crippen LogP contribution in [0.25, 0.3) is 0 Å². The molecule has 0 radical (unpaired) electrons. The smallest absolute Gasteiger partial charge is 0.161 e. The van der Waals surface area contributed by atoms with Gasteiger partial charge in [-0.1, -0.05) is 58.3 Å². The summed E-state index contributed by atoms with van der Waals surface area (Å²) in [5.41, 5.74) is 0. The van der Waals surface area contributed by atoms with Crippen LogP contribution in [0, 0.1) is 0 Å². The average molecular weight is 272 g/mol. The third-order valence-corrected chi connectivity index (χ3v) is 3.53. The van der Waals surface area contributed by atoms with E-state index in [4.69, 9.17) is 5.11 Å². The van der Waals surface area contributed by atoms with Crippen molar-refractivity contribution in [1.29, 1.82) is 0 Å². The third-order valence-electron chi connectivity index (χ3n) is 3.53. The maximum Gasteiger partial charge on any atom is 0.161 e. The summed E-state index contributed by atoms with van der Waals surface area (Å²) >= 11 is 0. The molecule has 0 aromatic rings. The van der Waals surface area contributed by atoms with Gasteiger partial charge in [0.05, 0.1) is 0 Å². The molecular weight excluding hydrogens is 240 g/mol. The molecule has 0 aliphatic carbocycles. The topological polar surface area (TPSA) is 57.5 Å². The van der Waals surface area contributed by atoms with Crippen molar-refractivity contribution in [3.05, 3.63) is 0 Å². The minimum atomic E-state index is -0.860. The van der Waals surface area contributed by atoms with E-state index < -0.39 is 6.10 Å². The molecule has 114 valence electrons. The number of aliphatic hydroxyl groups is 2. The van der Waals surface area contributed by atoms with Gasteiger partial charge in [0, 0.05) is 13.0 Å². The first-order chi connectivity index (χ1) is 9.22. The zero-order chi connectivity index (χ0) is 14.3. The van der Waals surface area contributed by atoms with Crippen LogP contribution in [0.1, 0.15) is 84.0 Å². The van der Waals surface area contributed by atoms with Crippen LogP contribution in [0.4, 0.5) is 0 Å². The molecule has 0 heterocycles. The quantitative estimate of drug-likeness (QED) is 0.475. The molecule has 0 bridgehead atoms. The van der Waals surface area contributed by atoms with Gasteiger partial charge in [0.2, 0.25) is 0 Å². The monoisotopic (exact) mass is 272 g/mol. The van der Waals surface area contributed by atoms with Crippen LogP contribution in [0.3, 0.4) is 0 Å². The van der Waals surface area contributed by atoms with E-state index in [2.05, 4.69) is 6.92 Å². The predicted molar refractivity (Wildman–Crippen MR) is 79.2 cm³/mol. The maximum absolute atomic E-state index is 11.5. The molecule has 0 aliphatic rings. The van der Waals surface area contributed by atoms with Crippen LogP contribution < -0.4 is 0 Å². The Morgan fingerprint density at radius 1 is 0.895 bits per heavy atom. The lowest BCUT2D eigenvalue weighted by Crippen LogP contribution is -2.20. The highest BCUT2D eigenvalue weighted by molar-refractivity contribution is 5.82. The minimum absolute atomic E-state index is 0.0440. The molecule has 2 N–H and O–H groups in total. The molecule has 0 fully saturated rings. The van der Waals surface area contributed by atoms with E-state index in [1.807, 2.05) is 0 Å². The fraction of sp³-hybridized carbons (Fsp3) is 0.938. The lowest BCUT2D eigenvalue weighted by atomic mass is 10.0. The first-order valence-corrected chi connectivity index (χ1v) is 8.04. The summed E-state index contributed by atoms with van der Waals surface area (Å²) in [6, 6.07) is 0. The Morgan fingerprint density at radius 2 is 1.42 bits per heavy atom. The SMILES string of the molecule is CCCCCCCCCCCC(=O)C(O)CCCO. The first-order valence-electron chi connectivity index (χ1n) is 8.04. The third kappa shape index (κ3) is 12.4. The number of unbranched alkanes of at least 4 members (excludes halogenated alkanes) is 8. The molecule has 0 aromatic heterocycles. The Balaban J connectivity index is 3.27. The van der Waals surface area contributed by atoms with Crippen LogP contribution in [0.2, 0.25) is 0 Å². The molecular formula is C16H32O3. The van der Waals surface area contributed by atoms with Crippen molar-refractivity contribution in [2.45, 2.75) is 90.1 Å². The van der Waals surface area contributed by atoms with Crippen molar-refractivity contribution in [1.82, 2.24) is 0 Å². The zero-order valence-corrected chi connectivity index (χ0v) is 12.6. The Hall–Kier alpha value is -0.410. The molecule has 0 amide bonds. The van der Waals surface area contributed by atoms with Gasteiger partial charge >= 0.3 is 0 Å². The highest BCUT2D eigenvalue weighted by Crippen LogP contribution is 2.11. The molecule has 0 aromatic carbocycles. The molecule has 3 nitrogen and oxygen atoms in total. The van der Waals surface area contributed by atoms with Gasteiger partial charge in [-0.3, -0.25) is 4.79 Å². The number of rotatable bonds is 14. The van der Waals surface area contributed by atoms with Crippen LogP contribution in [-0.4, -0.2) is 28.7 Å². The first kappa shape index (κ1) is 18.6. The van der Waals surface area contributed by atoms with E-state index in [1.165, 1.54) is 44.9 Å². The van der Waals surface area contributed by atoms with Gasteiger partial charge < -0.3 is 10.2 Å². The number of aliphatic hydroxyl groups excluding tert-OH is 2. The van der Waals surface area contributed by atoms with Crippen molar-refractivity contribution >= 4 is 5.78 Å². The van der Waals surface area contributed by atoms with E-state index in [9.17, 15) is 9.90 Å². The molecule has 0 saturated heterocycles. The van der Waals surface area contributed by atoms with Crippen LogP contribution in [0.15, 0.2) is 0 Å². The van der Waals surface area contributed by atoms with Gasteiger partial charge in [-0.2, -0.15) is 0 Å². The summed E-state index contributed by atoms with van der Waals surface area (Å²) < 4.78 is 0. The summed E-state index contributed by atoms with van der Waals surface area (Å²) in [5.74, 6) is -0.0589. The Morgan fingerprint density at radius 3 is 1.95 bits per heavy atom. The summed E-state index contributed by atoms with van der Waals surface area (Å²) in [4.78, 5) is 11.5. The predicted octanol–water partition coefficient (Wildman–Crippen LogP) is 3.61. The number of ketones is 1. The van der Waals surface area contributed by atoms with Crippen molar-refractivity contribution in [3.8, 4) is 0 Å². The molecule has 19 heavy (non-hydrogen) atoms. The van der Waals surface area contributed by atoms with E-state index >= 15 is 0 Å². The van der Waals surface area contributed by atoms with Gasteiger partial charge in [-0.05, 0) is 19.3 Å². The fourth-order valence-electron chi connectivity index (χ4n) is 2.22. The lowest BCUT2D eigenvalue weighted by Gasteiger charge is -2.08. The Bertz CT molecular complexity index is 204. The number of carbonyl (C=O) groups is 1. The van der Waals surface area contributed by atoms with Gasteiger partial charge in [0.1, 0.15) is 6.10 Å². The minimum Gasteiger partial charge on any atom is -0.396 e. The molecule has 3 heteroatoms. The maximum atomic E-state index is 11.5. The summed E-state index contributed by atoms with van der Waals surface area (Å²) in [5, 5.41) is 18.1. The van der Waals surface area contributed by atoms with Crippen LogP contribution in [-0.2, 0) is 4.79 Å². The zero-order valence-electron chi connectivity index (χ0n) is 12.6. The van der Waals surface area contributed by atoms with Crippen molar-refractivity contribution in [2.24, 2.45) is 0 Å². The summed E-state index contributed by atoms with van der Waals surface area (Å²) in [7, 11) is 0. The molecule has 0 rings (SSSR count). The number of Topliss-reactive ketones (excluding diaryl/α,β-unsaturated/α-hetero) is 1. The largest absolute Gasteiger partial charge is 0.396 e. The lowest BCUT2D eigenvalue weighted by molar-refractivity contribution is -0.127. The Labute approximate surface area is 118 Å². The van der Waals surface area contributed by atoms with Crippen LogP contribution in [0.5, 0.6) is 0 Å². The van der Waals surface area contributed by atoms with Gasteiger partial charge in [0.25, 0.3) is 0 Å². The van der Waals surface area contributed by atoms with E-state index in [-0.39, 0.29) is 12.4 Å². The van der Waals surface area contributed by atoms with E-state index in [0.29, 0.717) is 19.3 Å². The fourth-order valence-corrected chi connectivity index (χ4v) is 2.22. The molecule has 1 unspecified atom stereocenters. The normalized spacial score (nSPS) is 12.6. The second-order valence-corrected chi connectivity index (χ2v) is 5.43. The molecule has 1 atom stereocenters. The molecule has 0 saturated carbocycles. The Kier molecular flexibility index (Phi) is 13.7. The van der Waals surface area contributed by atoms with Crippen LogP contribution >= 0.6 is 0 Å². The van der Waals surface area contributed by atoms with Gasteiger partial charge in [0.15, 0.2) is 5.78 Å². The molecule has 0 aliphatic heterocycles. The highest BCUT2D eigenvalue weighted by Gasteiger charge is 2.13. The van der Waals surface area contributed by atoms with Gasteiger partial charge in [-0.15, -0.1) is 0 Å². The second-order valence-electron chi connectivity index (χ2n) is 5.43. The number of hydrogen-bond acceptors (Lipinski definition) is 3.